The quantitative estimate of drug-likeness (QED) is 0.769. The lowest BCUT2D eigenvalue weighted by atomic mass is 10.0. The predicted octanol–water partition coefficient (Wildman–Crippen LogP) is 2.69. The molecule has 3 heteroatoms. The molecule has 2 saturated carbocycles. The zero-order chi connectivity index (χ0) is 11.9. The van der Waals surface area contributed by atoms with Crippen LogP contribution in [0.25, 0.3) is 0 Å². The molecule has 3 N–H and O–H groups in total. The minimum absolute atomic E-state index is 0.227. The molecule has 17 heavy (non-hydrogen) atoms. The summed E-state index contributed by atoms with van der Waals surface area (Å²) in [5, 5.41) is 3.46. The van der Waals surface area contributed by atoms with Crippen LogP contribution >= 0.6 is 0 Å². The second-order valence-corrected chi connectivity index (χ2v) is 5.60. The third-order valence-corrected chi connectivity index (χ3v) is 4.21. The molecule has 2 nitrogen and oxygen atoms in total. The van der Waals surface area contributed by atoms with Crippen LogP contribution in [0.2, 0.25) is 0 Å². The van der Waals surface area contributed by atoms with Gasteiger partial charge in [0, 0.05) is 13.1 Å². The van der Waals surface area contributed by atoms with Gasteiger partial charge in [0.2, 0.25) is 0 Å². The first-order valence-corrected chi connectivity index (χ1v) is 6.44. The molecule has 0 saturated heterocycles. The lowest BCUT2D eigenvalue weighted by Crippen LogP contribution is -2.25. The summed E-state index contributed by atoms with van der Waals surface area (Å²) in [7, 11) is 0. The highest BCUT2D eigenvalue weighted by atomic mass is 19.1. The summed E-state index contributed by atoms with van der Waals surface area (Å²) >= 11 is 0. The van der Waals surface area contributed by atoms with Crippen molar-refractivity contribution in [3.8, 4) is 0 Å². The van der Waals surface area contributed by atoms with Gasteiger partial charge in [-0.05, 0) is 54.7 Å². The minimum atomic E-state index is -0.312. The van der Waals surface area contributed by atoms with Crippen LogP contribution in [-0.4, -0.2) is 6.54 Å². The molecule has 3 rings (SSSR count). The number of rotatable bonds is 5. The standard InChI is InChI=1S/C14H19FN2/c15-12-7-10(1-4-13(12)16)8-17-9-14(5-6-14)11-2-3-11/h1,4,7,11,17H,2-3,5-6,8-9,16H2. The first-order valence-electron chi connectivity index (χ1n) is 6.44. The molecule has 2 aliphatic carbocycles. The molecule has 0 unspecified atom stereocenters. The molecule has 1 aromatic carbocycles. The van der Waals surface area contributed by atoms with Gasteiger partial charge in [0.15, 0.2) is 0 Å². The van der Waals surface area contributed by atoms with Crippen molar-refractivity contribution >= 4 is 5.69 Å². The maximum absolute atomic E-state index is 13.2. The summed E-state index contributed by atoms with van der Waals surface area (Å²) in [5.74, 6) is 0.658. The average molecular weight is 234 g/mol. The van der Waals surface area contributed by atoms with E-state index < -0.39 is 0 Å². The first-order chi connectivity index (χ1) is 8.20. The largest absolute Gasteiger partial charge is 0.396 e. The second kappa shape index (κ2) is 3.98. The SMILES string of the molecule is Nc1ccc(CNCC2(C3CC3)CC2)cc1F. The van der Waals surface area contributed by atoms with Crippen LogP contribution in [0, 0.1) is 17.2 Å². The number of halogens is 1. The highest BCUT2D eigenvalue weighted by molar-refractivity contribution is 5.41. The summed E-state index contributed by atoms with van der Waals surface area (Å²) in [6.07, 6.45) is 5.58. The van der Waals surface area contributed by atoms with Crippen molar-refractivity contribution in [1.82, 2.24) is 5.32 Å². The Labute approximate surface area is 101 Å². The van der Waals surface area contributed by atoms with Crippen LogP contribution in [0.1, 0.15) is 31.2 Å². The number of hydrogen-bond donors (Lipinski definition) is 2. The number of nitrogens with two attached hydrogens (primary N) is 1. The number of nitrogens with one attached hydrogen (secondary N) is 1. The second-order valence-electron chi connectivity index (χ2n) is 5.60. The third-order valence-electron chi connectivity index (χ3n) is 4.21. The molecule has 0 aromatic heterocycles. The van der Waals surface area contributed by atoms with E-state index >= 15 is 0 Å². The van der Waals surface area contributed by atoms with Crippen LogP contribution in [0.15, 0.2) is 18.2 Å². The number of benzene rings is 1. The fourth-order valence-corrected chi connectivity index (χ4v) is 2.72. The zero-order valence-electron chi connectivity index (χ0n) is 10.0. The van der Waals surface area contributed by atoms with Gasteiger partial charge in [-0.2, -0.15) is 0 Å². The van der Waals surface area contributed by atoms with Crippen LogP contribution < -0.4 is 11.1 Å². The van der Waals surface area contributed by atoms with Gasteiger partial charge in [-0.3, -0.25) is 0 Å². The molecule has 0 bridgehead atoms. The summed E-state index contributed by atoms with van der Waals surface area (Å²) in [4.78, 5) is 0. The molecule has 0 spiro atoms. The highest BCUT2D eigenvalue weighted by Crippen LogP contribution is 2.60. The van der Waals surface area contributed by atoms with E-state index in [-0.39, 0.29) is 11.5 Å². The van der Waals surface area contributed by atoms with Gasteiger partial charge in [-0.25, -0.2) is 4.39 Å². The van der Waals surface area contributed by atoms with E-state index in [1.165, 1.54) is 31.7 Å². The summed E-state index contributed by atoms with van der Waals surface area (Å²) in [6, 6.07) is 5.06. The maximum Gasteiger partial charge on any atom is 0.146 e. The number of anilines is 1. The lowest BCUT2D eigenvalue weighted by molar-refractivity contribution is 0.403. The Hall–Kier alpha value is -1.09. The van der Waals surface area contributed by atoms with Crippen molar-refractivity contribution in [2.24, 2.45) is 11.3 Å². The van der Waals surface area contributed by atoms with E-state index in [4.69, 9.17) is 5.73 Å². The summed E-state index contributed by atoms with van der Waals surface area (Å²) in [6.45, 7) is 1.83. The first kappa shape index (κ1) is 11.0. The van der Waals surface area contributed by atoms with Crippen molar-refractivity contribution in [3.05, 3.63) is 29.6 Å². The van der Waals surface area contributed by atoms with Gasteiger partial charge in [0.1, 0.15) is 5.82 Å². The fourth-order valence-electron chi connectivity index (χ4n) is 2.72. The van der Waals surface area contributed by atoms with Gasteiger partial charge in [-0.15, -0.1) is 0 Å². The van der Waals surface area contributed by atoms with Crippen LogP contribution in [0.4, 0.5) is 10.1 Å². The van der Waals surface area contributed by atoms with E-state index in [2.05, 4.69) is 5.32 Å². The zero-order valence-corrected chi connectivity index (χ0v) is 10.0. The highest BCUT2D eigenvalue weighted by Gasteiger charge is 2.53. The van der Waals surface area contributed by atoms with Crippen molar-refractivity contribution in [2.45, 2.75) is 32.2 Å². The maximum atomic E-state index is 13.2. The molecule has 0 amide bonds. The van der Waals surface area contributed by atoms with Gasteiger partial charge in [0.25, 0.3) is 0 Å². The van der Waals surface area contributed by atoms with E-state index in [1.54, 1.807) is 6.07 Å². The summed E-state index contributed by atoms with van der Waals surface area (Å²) in [5.41, 5.74) is 7.26. The van der Waals surface area contributed by atoms with E-state index in [0.29, 0.717) is 5.41 Å². The molecular formula is C14H19FN2. The van der Waals surface area contributed by atoms with Crippen molar-refractivity contribution in [2.75, 3.05) is 12.3 Å². The van der Waals surface area contributed by atoms with Gasteiger partial charge < -0.3 is 11.1 Å². The molecule has 0 atom stereocenters. The molecule has 1 aromatic rings. The molecule has 0 aliphatic heterocycles. The van der Waals surface area contributed by atoms with Crippen molar-refractivity contribution in [1.29, 1.82) is 0 Å². The van der Waals surface area contributed by atoms with Gasteiger partial charge >= 0.3 is 0 Å². The average Bonchev–Trinajstić information content (AvgIpc) is 3.14. The van der Waals surface area contributed by atoms with Crippen LogP contribution in [0.3, 0.4) is 0 Å². The smallest absolute Gasteiger partial charge is 0.146 e. The van der Waals surface area contributed by atoms with Crippen LogP contribution in [0.5, 0.6) is 0 Å². The Morgan fingerprint density at radius 3 is 2.71 bits per heavy atom. The molecule has 92 valence electrons. The molecule has 0 heterocycles. The van der Waals surface area contributed by atoms with E-state index in [0.717, 1.165) is 24.6 Å². The molecule has 0 radical (unpaired) electrons. The molecule has 2 fully saturated rings. The normalized spacial score (nSPS) is 21.5. The Morgan fingerprint density at radius 2 is 2.12 bits per heavy atom. The number of hydrogen-bond acceptors (Lipinski definition) is 2. The minimum Gasteiger partial charge on any atom is -0.396 e. The monoisotopic (exact) mass is 234 g/mol. The fraction of sp³-hybridized carbons (Fsp3) is 0.571. The Bertz CT molecular complexity index is 422. The predicted molar refractivity (Wildman–Crippen MR) is 66.9 cm³/mol. The Morgan fingerprint density at radius 1 is 1.35 bits per heavy atom. The van der Waals surface area contributed by atoms with Crippen molar-refractivity contribution in [3.63, 3.8) is 0 Å². The van der Waals surface area contributed by atoms with Gasteiger partial charge in [0.05, 0.1) is 5.69 Å². The van der Waals surface area contributed by atoms with E-state index in [1.807, 2.05) is 6.07 Å². The molecule has 2 aliphatic rings. The molecular weight excluding hydrogens is 215 g/mol. The van der Waals surface area contributed by atoms with Crippen LogP contribution in [-0.2, 0) is 6.54 Å². The number of nitrogen functional groups attached to an aromatic ring is 1. The topological polar surface area (TPSA) is 38.0 Å². The third kappa shape index (κ3) is 2.29. The van der Waals surface area contributed by atoms with Gasteiger partial charge in [-0.1, -0.05) is 6.07 Å². The Balaban J connectivity index is 1.52. The Kier molecular flexibility index (Phi) is 2.58. The summed E-state index contributed by atoms with van der Waals surface area (Å²) < 4.78 is 13.2. The van der Waals surface area contributed by atoms with E-state index in [9.17, 15) is 4.39 Å². The van der Waals surface area contributed by atoms with Crippen molar-refractivity contribution < 1.29 is 4.39 Å². The lowest BCUT2D eigenvalue weighted by Gasteiger charge is -2.15.